The van der Waals surface area contributed by atoms with Crippen LogP contribution in [0.15, 0.2) is 36.8 Å². The maximum absolute atomic E-state index is 6.05. The van der Waals surface area contributed by atoms with Crippen molar-refractivity contribution in [1.29, 1.82) is 0 Å². The van der Waals surface area contributed by atoms with Crippen LogP contribution < -0.4 is 10.6 Å². The summed E-state index contributed by atoms with van der Waals surface area (Å²) in [5, 5.41) is 0.487. The third-order valence-electron chi connectivity index (χ3n) is 2.48. The molecule has 0 aliphatic rings. The molecule has 0 radical (unpaired) electrons. The molecule has 0 amide bonds. The van der Waals surface area contributed by atoms with Gasteiger partial charge in [0.2, 0.25) is 0 Å². The first-order valence-electron chi connectivity index (χ1n) is 5.18. The Bertz CT molecular complexity index is 588. The van der Waals surface area contributed by atoms with Gasteiger partial charge in [-0.05, 0) is 12.1 Å². The Morgan fingerprint density at radius 2 is 2.22 bits per heavy atom. The van der Waals surface area contributed by atoms with Gasteiger partial charge in [0.1, 0.15) is 16.3 Å². The van der Waals surface area contributed by atoms with Crippen LogP contribution in [-0.4, -0.2) is 22.0 Å². The summed E-state index contributed by atoms with van der Waals surface area (Å²) in [5.41, 5.74) is 7.32. The molecule has 0 unspecified atom stereocenters. The zero-order chi connectivity index (χ0) is 13.1. The van der Waals surface area contributed by atoms with Crippen molar-refractivity contribution >= 4 is 40.3 Å². The molecule has 6 heteroatoms. The molecule has 2 N–H and O–H groups in total. The quantitative estimate of drug-likeness (QED) is 0.875. The number of aromatic nitrogens is 2. The van der Waals surface area contributed by atoms with E-state index in [-0.39, 0.29) is 0 Å². The lowest BCUT2D eigenvalue weighted by Gasteiger charge is -2.19. The summed E-state index contributed by atoms with van der Waals surface area (Å²) in [6.45, 7) is 0. The van der Waals surface area contributed by atoms with Crippen LogP contribution in [0.4, 0.5) is 11.5 Å². The second-order valence-electron chi connectivity index (χ2n) is 3.67. The van der Waals surface area contributed by atoms with Crippen molar-refractivity contribution in [1.82, 2.24) is 9.97 Å². The molecule has 1 aromatic heterocycles. The second-order valence-corrected chi connectivity index (χ2v) is 4.51. The molecule has 0 saturated carbocycles. The lowest BCUT2D eigenvalue weighted by atomic mass is 10.2. The Morgan fingerprint density at radius 3 is 2.89 bits per heavy atom. The molecule has 0 aliphatic heterocycles. The molecule has 0 fully saturated rings. The van der Waals surface area contributed by atoms with Crippen LogP contribution in [0.5, 0.6) is 0 Å². The Morgan fingerprint density at radius 1 is 1.44 bits per heavy atom. The number of nitrogens with two attached hydrogens (primary N) is 1. The van der Waals surface area contributed by atoms with Crippen LogP contribution in [0.3, 0.4) is 0 Å². The minimum Gasteiger partial charge on any atom is -0.389 e. The minimum absolute atomic E-state index is 0.360. The van der Waals surface area contributed by atoms with E-state index in [9.17, 15) is 0 Å². The molecule has 0 spiro atoms. The van der Waals surface area contributed by atoms with Crippen LogP contribution in [-0.2, 0) is 0 Å². The summed E-state index contributed by atoms with van der Waals surface area (Å²) < 4.78 is 0. The third kappa shape index (κ3) is 2.57. The number of hydrogen-bond donors (Lipinski definition) is 1. The van der Waals surface area contributed by atoms with E-state index in [0.717, 1.165) is 11.3 Å². The molecule has 4 nitrogen and oxygen atoms in total. The first-order chi connectivity index (χ1) is 8.59. The minimum atomic E-state index is 0.360. The molecule has 18 heavy (non-hydrogen) atoms. The van der Waals surface area contributed by atoms with Gasteiger partial charge in [0.15, 0.2) is 5.82 Å². The van der Waals surface area contributed by atoms with E-state index in [1.165, 1.54) is 6.33 Å². The van der Waals surface area contributed by atoms with E-state index < -0.39 is 0 Å². The van der Waals surface area contributed by atoms with Gasteiger partial charge in [0, 0.05) is 18.3 Å². The van der Waals surface area contributed by atoms with Gasteiger partial charge >= 0.3 is 0 Å². The van der Waals surface area contributed by atoms with E-state index in [0.29, 0.717) is 15.8 Å². The molecular weight excluding hydrogens is 268 g/mol. The molecule has 2 rings (SSSR count). The standard InChI is InChI=1S/C12H11ClN4S/c1-17(12-10(13)6-15-7-16-12)9-4-2-3-8(5-9)11(14)18/h2-7H,1H3,(H2,14,18). The highest BCUT2D eigenvalue weighted by molar-refractivity contribution is 7.80. The van der Waals surface area contributed by atoms with E-state index in [1.807, 2.05) is 36.2 Å². The van der Waals surface area contributed by atoms with Gasteiger partial charge in [-0.15, -0.1) is 0 Å². The Balaban J connectivity index is 2.40. The summed E-state index contributed by atoms with van der Waals surface area (Å²) in [6, 6.07) is 7.57. The molecule has 2 aromatic rings. The third-order valence-corrected chi connectivity index (χ3v) is 2.99. The summed E-state index contributed by atoms with van der Waals surface area (Å²) in [4.78, 5) is 10.2. The molecule has 0 aliphatic carbocycles. The fourth-order valence-electron chi connectivity index (χ4n) is 1.54. The number of benzene rings is 1. The van der Waals surface area contributed by atoms with Gasteiger partial charge in [-0.2, -0.15) is 0 Å². The smallest absolute Gasteiger partial charge is 0.154 e. The van der Waals surface area contributed by atoms with Gasteiger partial charge in [-0.1, -0.05) is 36.0 Å². The zero-order valence-corrected chi connectivity index (χ0v) is 11.2. The number of nitrogens with zero attached hydrogens (tertiary/aromatic N) is 3. The first kappa shape index (κ1) is 12.7. The van der Waals surface area contributed by atoms with Crippen molar-refractivity contribution in [3.8, 4) is 0 Å². The normalized spacial score (nSPS) is 10.1. The highest BCUT2D eigenvalue weighted by Gasteiger charge is 2.10. The first-order valence-corrected chi connectivity index (χ1v) is 5.97. The van der Waals surface area contributed by atoms with Crippen molar-refractivity contribution in [3.63, 3.8) is 0 Å². The van der Waals surface area contributed by atoms with Gasteiger partial charge in [0.25, 0.3) is 0 Å². The highest BCUT2D eigenvalue weighted by Crippen LogP contribution is 2.27. The molecule has 1 heterocycles. The molecule has 0 atom stereocenters. The van der Waals surface area contributed by atoms with Gasteiger partial charge in [-0.3, -0.25) is 0 Å². The topological polar surface area (TPSA) is 55.0 Å². The fraction of sp³-hybridized carbons (Fsp3) is 0.0833. The lowest BCUT2D eigenvalue weighted by molar-refractivity contribution is 1.08. The zero-order valence-electron chi connectivity index (χ0n) is 9.67. The monoisotopic (exact) mass is 278 g/mol. The van der Waals surface area contributed by atoms with Crippen molar-refractivity contribution in [2.75, 3.05) is 11.9 Å². The number of rotatable bonds is 3. The van der Waals surface area contributed by atoms with Crippen LogP contribution in [0, 0.1) is 0 Å². The van der Waals surface area contributed by atoms with E-state index >= 15 is 0 Å². The lowest BCUT2D eigenvalue weighted by Crippen LogP contribution is -2.14. The number of hydrogen-bond acceptors (Lipinski definition) is 4. The van der Waals surface area contributed by atoms with Crippen molar-refractivity contribution in [3.05, 3.63) is 47.4 Å². The average Bonchev–Trinajstić information content (AvgIpc) is 2.38. The summed E-state index contributed by atoms with van der Waals surface area (Å²) in [7, 11) is 1.87. The second kappa shape index (κ2) is 5.29. The van der Waals surface area contributed by atoms with E-state index in [4.69, 9.17) is 29.6 Å². The summed E-state index contributed by atoms with van der Waals surface area (Å²) in [6.07, 6.45) is 3.01. The molecule has 1 aromatic carbocycles. The van der Waals surface area contributed by atoms with Gasteiger partial charge in [-0.25, -0.2) is 9.97 Å². The average molecular weight is 279 g/mol. The van der Waals surface area contributed by atoms with E-state index in [2.05, 4.69) is 9.97 Å². The SMILES string of the molecule is CN(c1cccc(C(N)=S)c1)c1ncncc1Cl. The summed E-state index contributed by atoms with van der Waals surface area (Å²) >= 11 is 11.0. The molecule has 0 bridgehead atoms. The molecule has 0 saturated heterocycles. The highest BCUT2D eigenvalue weighted by atomic mass is 35.5. The maximum atomic E-state index is 6.05. The molecular formula is C12H11ClN4S. The number of halogens is 1. The predicted molar refractivity (Wildman–Crippen MR) is 77.4 cm³/mol. The van der Waals surface area contributed by atoms with Crippen molar-refractivity contribution in [2.24, 2.45) is 5.73 Å². The summed E-state index contributed by atoms with van der Waals surface area (Å²) in [5.74, 6) is 0.631. The molecule has 92 valence electrons. The Labute approximate surface area is 115 Å². The van der Waals surface area contributed by atoms with Gasteiger partial charge < -0.3 is 10.6 Å². The van der Waals surface area contributed by atoms with Crippen molar-refractivity contribution < 1.29 is 0 Å². The fourth-order valence-corrected chi connectivity index (χ4v) is 1.90. The maximum Gasteiger partial charge on any atom is 0.154 e. The Hall–Kier alpha value is -1.72. The van der Waals surface area contributed by atoms with Crippen LogP contribution in [0.2, 0.25) is 5.02 Å². The van der Waals surface area contributed by atoms with E-state index in [1.54, 1.807) is 6.20 Å². The predicted octanol–water partition coefficient (Wildman–Crippen LogP) is 2.53. The Kier molecular flexibility index (Phi) is 3.74. The van der Waals surface area contributed by atoms with Crippen LogP contribution >= 0.6 is 23.8 Å². The largest absolute Gasteiger partial charge is 0.389 e. The number of thiocarbonyl (C=S) groups is 1. The van der Waals surface area contributed by atoms with Gasteiger partial charge in [0.05, 0.1) is 6.20 Å². The number of anilines is 2. The van der Waals surface area contributed by atoms with Crippen molar-refractivity contribution in [2.45, 2.75) is 0 Å². The van der Waals surface area contributed by atoms with Crippen LogP contribution in [0.25, 0.3) is 0 Å². The van der Waals surface area contributed by atoms with Crippen LogP contribution in [0.1, 0.15) is 5.56 Å².